The van der Waals surface area contributed by atoms with Gasteiger partial charge in [0, 0.05) is 24.7 Å². The van der Waals surface area contributed by atoms with Crippen LogP contribution in [0.15, 0.2) is 24.3 Å². The van der Waals surface area contributed by atoms with Crippen molar-refractivity contribution in [3.63, 3.8) is 0 Å². The zero-order valence-electron chi connectivity index (χ0n) is 7.67. The molecule has 2 N–H and O–H groups in total. The maximum absolute atomic E-state index is 8.53. The van der Waals surface area contributed by atoms with Crippen LogP contribution in [0, 0.1) is 11.8 Å². The summed E-state index contributed by atoms with van der Waals surface area (Å²) in [5, 5.41) is 11.6. The Labute approximate surface area is 78.6 Å². The van der Waals surface area contributed by atoms with Gasteiger partial charge in [-0.2, -0.15) is 0 Å². The predicted octanol–water partition coefficient (Wildman–Crippen LogP) is 1.46. The van der Waals surface area contributed by atoms with E-state index in [-0.39, 0.29) is 6.61 Å². The fourth-order valence-electron chi connectivity index (χ4n) is 0.973. The normalized spacial score (nSPS) is 8.77. The van der Waals surface area contributed by atoms with E-state index in [1.165, 1.54) is 0 Å². The standard InChI is InChI=1S/C11H13NO/c1-12-11-7-4-6-10(9-11)5-2-3-8-13/h4,6-7,9,12-13H,3,8H2,1H3. The summed E-state index contributed by atoms with van der Waals surface area (Å²) in [6.45, 7) is 0.124. The second-order valence-corrected chi connectivity index (χ2v) is 2.61. The third kappa shape index (κ3) is 3.18. The molecule has 68 valence electrons. The molecule has 0 saturated heterocycles. The van der Waals surface area contributed by atoms with E-state index in [4.69, 9.17) is 5.11 Å². The SMILES string of the molecule is CNc1cccc(C#CCCO)c1. The minimum absolute atomic E-state index is 0.124. The monoisotopic (exact) mass is 175 g/mol. The Bertz CT molecular complexity index is 322. The number of rotatable bonds is 2. The van der Waals surface area contributed by atoms with Gasteiger partial charge in [0.25, 0.3) is 0 Å². The maximum Gasteiger partial charge on any atom is 0.0540 e. The van der Waals surface area contributed by atoms with E-state index < -0.39 is 0 Å². The van der Waals surface area contributed by atoms with Gasteiger partial charge in [0.2, 0.25) is 0 Å². The number of aliphatic hydroxyl groups excluding tert-OH is 1. The van der Waals surface area contributed by atoms with Gasteiger partial charge in [-0.15, -0.1) is 0 Å². The zero-order chi connectivity index (χ0) is 9.52. The number of nitrogens with one attached hydrogen (secondary N) is 1. The van der Waals surface area contributed by atoms with Gasteiger partial charge in [0.1, 0.15) is 0 Å². The molecule has 1 aromatic rings. The van der Waals surface area contributed by atoms with E-state index >= 15 is 0 Å². The predicted molar refractivity (Wildman–Crippen MR) is 54.6 cm³/mol. The van der Waals surface area contributed by atoms with Crippen LogP contribution in [0.3, 0.4) is 0 Å². The molecular weight excluding hydrogens is 162 g/mol. The van der Waals surface area contributed by atoms with Gasteiger partial charge in [0.05, 0.1) is 6.61 Å². The Morgan fingerprint density at radius 1 is 1.46 bits per heavy atom. The van der Waals surface area contributed by atoms with Gasteiger partial charge in [-0.1, -0.05) is 17.9 Å². The van der Waals surface area contributed by atoms with Crippen LogP contribution in [0.5, 0.6) is 0 Å². The Morgan fingerprint density at radius 3 is 3.00 bits per heavy atom. The molecule has 1 rings (SSSR count). The molecule has 0 amide bonds. The summed E-state index contributed by atoms with van der Waals surface area (Å²) >= 11 is 0. The van der Waals surface area contributed by atoms with Crippen LogP contribution in [-0.2, 0) is 0 Å². The Morgan fingerprint density at radius 2 is 2.31 bits per heavy atom. The Balaban J connectivity index is 2.73. The van der Waals surface area contributed by atoms with E-state index in [2.05, 4.69) is 17.2 Å². The van der Waals surface area contributed by atoms with E-state index in [9.17, 15) is 0 Å². The Hall–Kier alpha value is -1.46. The topological polar surface area (TPSA) is 32.3 Å². The second-order valence-electron chi connectivity index (χ2n) is 2.61. The average molecular weight is 175 g/mol. The molecule has 0 aromatic heterocycles. The highest BCUT2D eigenvalue weighted by Gasteiger charge is 1.88. The molecule has 2 nitrogen and oxygen atoms in total. The maximum atomic E-state index is 8.53. The zero-order valence-corrected chi connectivity index (χ0v) is 7.67. The molecule has 2 heteroatoms. The Kier molecular flexibility index (Phi) is 3.87. The number of hydrogen-bond donors (Lipinski definition) is 2. The molecule has 0 spiro atoms. The molecular formula is C11H13NO. The molecule has 0 unspecified atom stereocenters. The quantitative estimate of drug-likeness (QED) is 0.667. The highest BCUT2D eigenvalue weighted by Crippen LogP contribution is 2.08. The molecule has 0 fully saturated rings. The molecule has 0 aliphatic rings. The van der Waals surface area contributed by atoms with Crippen molar-refractivity contribution in [3.05, 3.63) is 29.8 Å². The first-order valence-electron chi connectivity index (χ1n) is 4.24. The lowest BCUT2D eigenvalue weighted by Gasteiger charge is -1.98. The lowest BCUT2D eigenvalue weighted by atomic mass is 10.2. The fourth-order valence-corrected chi connectivity index (χ4v) is 0.973. The average Bonchev–Trinajstić information content (AvgIpc) is 2.19. The number of anilines is 1. The van der Waals surface area contributed by atoms with Crippen molar-refractivity contribution in [3.8, 4) is 11.8 Å². The van der Waals surface area contributed by atoms with Crippen molar-refractivity contribution in [2.75, 3.05) is 19.0 Å². The lowest BCUT2D eigenvalue weighted by Crippen LogP contribution is -1.87. The lowest BCUT2D eigenvalue weighted by molar-refractivity contribution is 0.305. The van der Waals surface area contributed by atoms with Gasteiger partial charge < -0.3 is 10.4 Å². The van der Waals surface area contributed by atoms with Crippen molar-refractivity contribution in [1.29, 1.82) is 0 Å². The summed E-state index contributed by atoms with van der Waals surface area (Å²) in [5.41, 5.74) is 2.02. The molecule has 1 aromatic carbocycles. The minimum Gasteiger partial charge on any atom is -0.395 e. The summed E-state index contributed by atoms with van der Waals surface area (Å²) in [7, 11) is 1.88. The van der Waals surface area contributed by atoms with Crippen LogP contribution < -0.4 is 5.32 Å². The van der Waals surface area contributed by atoms with Crippen molar-refractivity contribution in [1.82, 2.24) is 0 Å². The largest absolute Gasteiger partial charge is 0.395 e. The molecule has 0 saturated carbocycles. The van der Waals surface area contributed by atoms with Crippen molar-refractivity contribution >= 4 is 5.69 Å². The van der Waals surface area contributed by atoms with Gasteiger partial charge in [-0.25, -0.2) is 0 Å². The van der Waals surface area contributed by atoms with Crippen LogP contribution in [0.4, 0.5) is 5.69 Å². The number of aliphatic hydroxyl groups is 1. The number of hydrogen-bond acceptors (Lipinski definition) is 2. The summed E-state index contributed by atoms with van der Waals surface area (Å²) in [6, 6.07) is 7.86. The second kappa shape index (κ2) is 5.23. The summed E-state index contributed by atoms with van der Waals surface area (Å²) in [6.07, 6.45) is 0.532. The van der Waals surface area contributed by atoms with Gasteiger partial charge in [-0.05, 0) is 18.2 Å². The molecule has 0 bridgehead atoms. The molecule has 0 atom stereocenters. The van der Waals surface area contributed by atoms with Gasteiger partial charge >= 0.3 is 0 Å². The van der Waals surface area contributed by atoms with Crippen LogP contribution in [0.25, 0.3) is 0 Å². The minimum atomic E-state index is 0.124. The summed E-state index contributed by atoms with van der Waals surface area (Å²) in [4.78, 5) is 0. The molecule has 0 heterocycles. The molecule has 0 aliphatic carbocycles. The van der Waals surface area contributed by atoms with Gasteiger partial charge in [0.15, 0.2) is 0 Å². The van der Waals surface area contributed by atoms with Crippen LogP contribution in [0.2, 0.25) is 0 Å². The first kappa shape index (κ1) is 9.63. The van der Waals surface area contributed by atoms with E-state index in [0.717, 1.165) is 11.3 Å². The smallest absolute Gasteiger partial charge is 0.0540 e. The molecule has 0 aliphatic heterocycles. The highest BCUT2D eigenvalue weighted by molar-refractivity contribution is 5.49. The summed E-state index contributed by atoms with van der Waals surface area (Å²) in [5.74, 6) is 5.85. The van der Waals surface area contributed by atoms with E-state index in [1.54, 1.807) is 0 Å². The third-order valence-corrected chi connectivity index (χ3v) is 1.62. The van der Waals surface area contributed by atoms with Crippen LogP contribution in [0.1, 0.15) is 12.0 Å². The van der Waals surface area contributed by atoms with Crippen LogP contribution >= 0.6 is 0 Å². The molecule has 13 heavy (non-hydrogen) atoms. The van der Waals surface area contributed by atoms with E-state index in [1.807, 2.05) is 31.3 Å². The van der Waals surface area contributed by atoms with Crippen LogP contribution in [-0.4, -0.2) is 18.8 Å². The van der Waals surface area contributed by atoms with E-state index in [0.29, 0.717) is 6.42 Å². The fraction of sp³-hybridized carbons (Fsp3) is 0.273. The van der Waals surface area contributed by atoms with Crippen molar-refractivity contribution in [2.24, 2.45) is 0 Å². The summed E-state index contributed by atoms with van der Waals surface area (Å²) < 4.78 is 0. The third-order valence-electron chi connectivity index (χ3n) is 1.62. The first-order valence-corrected chi connectivity index (χ1v) is 4.24. The first-order chi connectivity index (χ1) is 6.36. The highest BCUT2D eigenvalue weighted by atomic mass is 16.2. The van der Waals surface area contributed by atoms with Gasteiger partial charge in [-0.3, -0.25) is 0 Å². The number of benzene rings is 1. The molecule has 0 radical (unpaired) electrons. The van der Waals surface area contributed by atoms with Crippen molar-refractivity contribution in [2.45, 2.75) is 6.42 Å². The van der Waals surface area contributed by atoms with Crippen molar-refractivity contribution < 1.29 is 5.11 Å².